The molecule has 1 aliphatic heterocycles. The van der Waals surface area contributed by atoms with Crippen LogP contribution in [0, 0.1) is 0 Å². The second-order valence-corrected chi connectivity index (χ2v) is 5.46. The van der Waals surface area contributed by atoms with E-state index in [1.165, 1.54) is 14.2 Å². The van der Waals surface area contributed by atoms with Crippen molar-refractivity contribution in [3.8, 4) is 23.0 Å². The Morgan fingerprint density at radius 3 is 2.58 bits per heavy atom. The number of ketones is 1. The van der Waals surface area contributed by atoms with Crippen LogP contribution in [0.5, 0.6) is 23.0 Å². The topological polar surface area (TPSA) is 80.3 Å². The molecule has 0 amide bonds. The van der Waals surface area contributed by atoms with Crippen LogP contribution in [-0.2, 0) is 9.53 Å². The number of hydrogen-bond acceptors (Lipinski definition) is 7. The van der Waals surface area contributed by atoms with Gasteiger partial charge in [-0.25, -0.2) is 4.79 Å². The number of Topliss-reactive ketones (excluding diaryl/α,β-unsaturated/α-hetero) is 1. The molecule has 26 heavy (non-hydrogen) atoms. The molecule has 1 heterocycles. The summed E-state index contributed by atoms with van der Waals surface area (Å²) in [7, 11) is 2.96. The van der Waals surface area contributed by atoms with E-state index >= 15 is 0 Å². The average Bonchev–Trinajstić information content (AvgIpc) is 2.70. The number of methoxy groups -OCH3 is 2. The fourth-order valence-electron chi connectivity index (χ4n) is 2.47. The number of esters is 1. The number of carbonyl (C=O) groups is 2. The smallest absolute Gasteiger partial charge is 0.351 e. The Hall–Kier alpha value is -3.22. The summed E-state index contributed by atoms with van der Waals surface area (Å²) in [5, 5.41) is 0. The molecule has 0 unspecified atom stereocenters. The van der Waals surface area contributed by atoms with E-state index in [2.05, 4.69) is 0 Å². The third-order valence-corrected chi connectivity index (χ3v) is 3.83. The van der Waals surface area contributed by atoms with Crippen molar-refractivity contribution in [2.75, 3.05) is 27.4 Å². The number of ether oxygens (including phenoxy) is 5. The molecule has 0 bridgehead atoms. The van der Waals surface area contributed by atoms with Crippen molar-refractivity contribution in [3.05, 3.63) is 48.0 Å². The van der Waals surface area contributed by atoms with Crippen LogP contribution in [0.4, 0.5) is 0 Å². The van der Waals surface area contributed by atoms with Gasteiger partial charge in [0.05, 0.1) is 19.8 Å². The summed E-state index contributed by atoms with van der Waals surface area (Å²) in [5.74, 6) is 0.869. The molecule has 2 aromatic carbocycles. The normalized spacial score (nSPS) is 15.1. The first-order valence-electron chi connectivity index (χ1n) is 7.92. The van der Waals surface area contributed by atoms with Crippen molar-refractivity contribution < 1.29 is 33.3 Å². The van der Waals surface area contributed by atoms with Crippen molar-refractivity contribution in [3.63, 3.8) is 0 Å². The van der Waals surface area contributed by atoms with Crippen LogP contribution in [-0.4, -0.2) is 45.3 Å². The van der Waals surface area contributed by atoms with Gasteiger partial charge < -0.3 is 23.7 Å². The van der Waals surface area contributed by atoms with Crippen LogP contribution in [0.2, 0.25) is 0 Å². The molecule has 0 aromatic heterocycles. The first-order valence-corrected chi connectivity index (χ1v) is 7.92. The van der Waals surface area contributed by atoms with Crippen LogP contribution < -0.4 is 18.9 Å². The SMILES string of the molecule is COc1ccc(C(=O)COC(=O)[C@@H]2COc3ccccc3O2)c(OC)c1. The predicted octanol–water partition coefficient (Wildman–Crippen LogP) is 2.27. The van der Waals surface area contributed by atoms with Gasteiger partial charge in [0, 0.05) is 6.07 Å². The minimum absolute atomic E-state index is 0.0237. The summed E-state index contributed by atoms with van der Waals surface area (Å²) in [6.07, 6.45) is -0.921. The molecule has 0 saturated carbocycles. The van der Waals surface area contributed by atoms with Gasteiger partial charge in [-0.2, -0.15) is 0 Å². The van der Waals surface area contributed by atoms with Gasteiger partial charge in [-0.05, 0) is 24.3 Å². The molecule has 0 radical (unpaired) electrons. The van der Waals surface area contributed by atoms with Gasteiger partial charge in [0.15, 0.2) is 18.1 Å². The molecule has 1 atom stereocenters. The fraction of sp³-hybridized carbons (Fsp3) is 0.263. The van der Waals surface area contributed by atoms with E-state index in [9.17, 15) is 9.59 Å². The molecule has 2 aromatic rings. The van der Waals surface area contributed by atoms with Crippen LogP contribution in [0.25, 0.3) is 0 Å². The third kappa shape index (κ3) is 3.72. The first-order chi connectivity index (χ1) is 12.6. The lowest BCUT2D eigenvalue weighted by molar-refractivity contribution is -0.153. The Kier molecular flexibility index (Phi) is 5.26. The molecule has 7 nitrogen and oxygen atoms in total. The number of fused-ring (bicyclic) bond motifs is 1. The van der Waals surface area contributed by atoms with Crippen LogP contribution >= 0.6 is 0 Å². The number of para-hydroxylation sites is 2. The molecule has 136 valence electrons. The van der Waals surface area contributed by atoms with Crippen molar-refractivity contribution >= 4 is 11.8 Å². The maximum atomic E-state index is 12.3. The summed E-state index contributed by atoms with van der Waals surface area (Å²) in [6, 6.07) is 11.8. The van der Waals surface area contributed by atoms with Gasteiger partial charge in [0.25, 0.3) is 0 Å². The first kappa shape index (κ1) is 17.6. The van der Waals surface area contributed by atoms with E-state index in [1.54, 1.807) is 36.4 Å². The zero-order chi connectivity index (χ0) is 18.5. The van der Waals surface area contributed by atoms with Crippen LogP contribution in [0.1, 0.15) is 10.4 Å². The average molecular weight is 358 g/mol. The highest BCUT2D eigenvalue weighted by Gasteiger charge is 2.29. The second-order valence-electron chi connectivity index (χ2n) is 5.46. The zero-order valence-electron chi connectivity index (χ0n) is 14.4. The number of carbonyl (C=O) groups excluding carboxylic acids is 2. The molecular weight excluding hydrogens is 340 g/mol. The predicted molar refractivity (Wildman–Crippen MR) is 91.2 cm³/mol. The monoisotopic (exact) mass is 358 g/mol. The van der Waals surface area contributed by atoms with Gasteiger partial charge in [0.1, 0.15) is 18.1 Å². The highest BCUT2D eigenvalue weighted by atomic mass is 16.6. The molecule has 0 aliphatic carbocycles. The molecule has 0 spiro atoms. The summed E-state index contributed by atoms with van der Waals surface area (Å²) in [5.41, 5.74) is 0.298. The Morgan fingerprint density at radius 2 is 1.85 bits per heavy atom. The summed E-state index contributed by atoms with van der Waals surface area (Å²) in [6.45, 7) is -0.404. The lowest BCUT2D eigenvalue weighted by atomic mass is 10.1. The number of rotatable bonds is 6. The van der Waals surface area contributed by atoms with Crippen molar-refractivity contribution in [2.24, 2.45) is 0 Å². The van der Waals surface area contributed by atoms with E-state index in [1.807, 2.05) is 6.07 Å². The maximum Gasteiger partial charge on any atom is 0.351 e. The van der Waals surface area contributed by atoms with E-state index in [4.69, 9.17) is 23.7 Å². The van der Waals surface area contributed by atoms with Gasteiger partial charge >= 0.3 is 5.97 Å². The Balaban J connectivity index is 1.61. The Morgan fingerprint density at radius 1 is 1.08 bits per heavy atom. The zero-order valence-corrected chi connectivity index (χ0v) is 14.4. The molecule has 1 aliphatic rings. The van der Waals surface area contributed by atoms with Gasteiger partial charge in [-0.1, -0.05) is 12.1 Å². The van der Waals surface area contributed by atoms with Gasteiger partial charge in [-0.3, -0.25) is 4.79 Å². The molecule has 0 fully saturated rings. The molecule has 0 N–H and O–H groups in total. The maximum absolute atomic E-state index is 12.3. The van der Waals surface area contributed by atoms with E-state index < -0.39 is 24.5 Å². The Labute approximate surface area is 150 Å². The van der Waals surface area contributed by atoms with Crippen molar-refractivity contribution in [1.82, 2.24) is 0 Å². The summed E-state index contributed by atoms with van der Waals surface area (Å²) in [4.78, 5) is 24.5. The summed E-state index contributed by atoms with van der Waals surface area (Å²) >= 11 is 0. The van der Waals surface area contributed by atoms with Gasteiger partial charge in [0.2, 0.25) is 11.9 Å². The highest BCUT2D eigenvalue weighted by Crippen LogP contribution is 2.31. The minimum Gasteiger partial charge on any atom is -0.497 e. The largest absolute Gasteiger partial charge is 0.497 e. The van der Waals surface area contributed by atoms with Gasteiger partial charge in [-0.15, -0.1) is 0 Å². The van der Waals surface area contributed by atoms with E-state index in [0.29, 0.717) is 28.6 Å². The third-order valence-electron chi connectivity index (χ3n) is 3.83. The lowest BCUT2D eigenvalue weighted by Crippen LogP contribution is -2.38. The molecule has 0 saturated heterocycles. The number of benzene rings is 2. The molecule has 3 rings (SSSR count). The summed E-state index contributed by atoms with van der Waals surface area (Å²) < 4.78 is 26.4. The Bertz CT molecular complexity index is 815. The highest BCUT2D eigenvalue weighted by molar-refractivity contribution is 6.00. The number of hydrogen-bond donors (Lipinski definition) is 0. The fourth-order valence-corrected chi connectivity index (χ4v) is 2.47. The van der Waals surface area contributed by atoms with Crippen molar-refractivity contribution in [1.29, 1.82) is 0 Å². The quantitative estimate of drug-likeness (QED) is 0.579. The second kappa shape index (κ2) is 7.77. The van der Waals surface area contributed by atoms with Crippen molar-refractivity contribution in [2.45, 2.75) is 6.10 Å². The lowest BCUT2D eigenvalue weighted by Gasteiger charge is -2.24. The standard InChI is InChI=1S/C19H18O7/c1-22-12-7-8-13(17(9-12)23-2)14(20)10-25-19(21)18-11-24-15-5-3-4-6-16(15)26-18/h3-9,18H,10-11H2,1-2H3/t18-/m0/s1. The molecular formula is C19H18O7. The minimum atomic E-state index is -0.921. The van der Waals surface area contributed by atoms with Crippen LogP contribution in [0.15, 0.2) is 42.5 Å². The van der Waals surface area contributed by atoms with E-state index in [0.717, 1.165) is 0 Å². The van der Waals surface area contributed by atoms with Crippen LogP contribution in [0.3, 0.4) is 0 Å². The van der Waals surface area contributed by atoms with E-state index in [-0.39, 0.29) is 6.61 Å². The molecule has 7 heteroatoms.